The first kappa shape index (κ1) is 20.4. The number of nitriles is 1. The summed E-state index contributed by atoms with van der Waals surface area (Å²) in [6.45, 7) is 5.42. The van der Waals surface area contributed by atoms with Gasteiger partial charge in [-0.05, 0) is 55.6 Å². The Balaban J connectivity index is 2.15. The summed E-state index contributed by atoms with van der Waals surface area (Å²) in [5, 5.41) is 12.4. The topological polar surface area (TPSA) is 95.3 Å². The first-order chi connectivity index (χ1) is 12.9. The zero-order valence-electron chi connectivity index (χ0n) is 15.8. The first-order valence-corrected chi connectivity index (χ1v) is 9.21. The van der Waals surface area contributed by atoms with Crippen molar-refractivity contribution in [2.75, 3.05) is 30.4 Å². The number of aromatic nitrogens is 1. The van der Waals surface area contributed by atoms with Crippen molar-refractivity contribution in [2.45, 2.75) is 27.2 Å². The smallest absolute Gasteiger partial charge is 0.343 e. The molecule has 2 rings (SSSR count). The molecule has 1 N–H and O–H groups in total. The van der Waals surface area contributed by atoms with Crippen molar-refractivity contribution in [3.05, 3.63) is 40.6 Å². The maximum atomic E-state index is 12.7. The first-order valence-electron chi connectivity index (χ1n) is 8.44. The van der Waals surface area contributed by atoms with E-state index in [9.17, 15) is 9.59 Å². The van der Waals surface area contributed by atoms with Crippen molar-refractivity contribution >= 4 is 34.1 Å². The number of hydrogen-bond acceptors (Lipinski definition) is 7. The van der Waals surface area contributed by atoms with Crippen LogP contribution in [0.1, 0.15) is 33.6 Å². The lowest BCUT2D eigenvalue weighted by Crippen LogP contribution is -2.35. The van der Waals surface area contributed by atoms with Gasteiger partial charge in [-0.15, -0.1) is 0 Å². The van der Waals surface area contributed by atoms with Gasteiger partial charge in [0.25, 0.3) is 5.91 Å². The van der Waals surface area contributed by atoms with Gasteiger partial charge in [0.05, 0.1) is 18.2 Å². The van der Waals surface area contributed by atoms with Gasteiger partial charge in [0.15, 0.2) is 6.61 Å². The number of carbonyl (C=O) groups excluding carboxylic acids is 2. The molecule has 1 heterocycles. The van der Waals surface area contributed by atoms with Crippen LogP contribution >= 0.6 is 11.5 Å². The van der Waals surface area contributed by atoms with Gasteiger partial charge in [0.1, 0.15) is 10.6 Å². The highest BCUT2D eigenvalue weighted by molar-refractivity contribution is 7.10. The minimum atomic E-state index is -0.598. The molecule has 0 fully saturated rings. The highest BCUT2D eigenvalue weighted by Gasteiger charge is 2.22. The van der Waals surface area contributed by atoms with Crippen molar-refractivity contribution in [3.8, 4) is 6.07 Å². The molecular weight excluding hydrogens is 364 g/mol. The van der Waals surface area contributed by atoms with Crippen LogP contribution in [-0.4, -0.2) is 36.4 Å². The monoisotopic (exact) mass is 386 g/mol. The van der Waals surface area contributed by atoms with E-state index in [1.54, 1.807) is 14.0 Å². The Kier molecular flexibility index (Phi) is 6.91. The Hall–Kier alpha value is -2.92. The standard InChI is InChI=1S/C19H22N4O3S/c1-12-8-13(2)10-15(9-12)23(7-5-6-20)16(24)11-26-19(25)17-14(3)22-27-18(17)21-4/h8-10,21H,5,7,11H2,1-4H3. The number of amides is 1. The molecular formula is C19H22N4O3S. The number of benzene rings is 1. The number of carbonyl (C=O) groups is 2. The summed E-state index contributed by atoms with van der Waals surface area (Å²) in [6.07, 6.45) is 0.185. The zero-order chi connectivity index (χ0) is 20.0. The molecule has 2 aromatic rings. The van der Waals surface area contributed by atoms with Gasteiger partial charge in [-0.3, -0.25) is 4.79 Å². The molecule has 8 heteroatoms. The second-order valence-corrected chi connectivity index (χ2v) is 6.87. The van der Waals surface area contributed by atoms with Crippen LogP contribution in [0.2, 0.25) is 0 Å². The van der Waals surface area contributed by atoms with Gasteiger partial charge >= 0.3 is 5.97 Å². The van der Waals surface area contributed by atoms with E-state index >= 15 is 0 Å². The molecule has 0 saturated carbocycles. The molecule has 1 aromatic carbocycles. The van der Waals surface area contributed by atoms with E-state index in [2.05, 4.69) is 9.69 Å². The second kappa shape index (κ2) is 9.14. The van der Waals surface area contributed by atoms with Crippen molar-refractivity contribution in [3.63, 3.8) is 0 Å². The molecule has 1 aromatic heterocycles. The number of hydrogen-bond donors (Lipinski definition) is 1. The molecule has 142 valence electrons. The normalized spacial score (nSPS) is 10.2. The summed E-state index contributed by atoms with van der Waals surface area (Å²) in [7, 11) is 1.69. The Morgan fingerprint density at radius 2 is 1.93 bits per heavy atom. The van der Waals surface area contributed by atoms with Crippen LogP contribution < -0.4 is 10.2 Å². The molecule has 0 aliphatic rings. The number of aryl methyl sites for hydroxylation is 3. The predicted molar refractivity (Wildman–Crippen MR) is 105 cm³/mol. The van der Waals surface area contributed by atoms with Crippen molar-refractivity contribution in [1.82, 2.24) is 4.37 Å². The van der Waals surface area contributed by atoms with Crippen LogP contribution in [0.5, 0.6) is 0 Å². The Morgan fingerprint density at radius 1 is 1.26 bits per heavy atom. The molecule has 0 radical (unpaired) electrons. The van der Waals surface area contributed by atoms with Gasteiger partial charge < -0.3 is 15.0 Å². The minimum absolute atomic E-state index is 0.185. The van der Waals surface area contributed by atoms with E-state index in [0.717, 1.165) is 22.7 Å². The highest BCUT2D eigenvalue weighted by Crippen LogP contribution is 2.25. The number of ether oxygens (including phenoxy) is 1. The van der Waals surface area contributed by atoms with Gasteiger partial charge in [-0.25, -0.2) is 4.79 Å². The lowest BCUT2D eigenvalue weighted by Gasteiger charge is -2.22. The summed E-state index contributed by atoms with van der Waals surface area (Å²) in [5.41, 5.74) is 3.60. The predicted octanol–water partition coefficient (Wildman–Crippen LogP) is 3.21. The molecule has 0 spiro atoms. The van der Waals surface area contributed by atoms with E-state index in [4.69, 9.17) is 10.00 Å². The summed E-state index contributed by atoms with van der Waals surface area (Å²) in [5.74, 6) is -0.977. The maximum absolute atomic E-state index is 12.7. The van der Waals surface area contributed by atoms with Crippen LogP contribution in [0, 0.1) is 32.1 Å². The van der Waals surface area contributed by atoms with E-state index in [-0.39, 0.29) is 18.9 Å². The second-order valence-electron chi connectivity index (χ2n) is 6.10. The van der Waals surface area contributed by atoms with Crippen LogP contribution in [0.25, 0.3) is 0 Å². The maximum Gasteiger partial charge on any atom is 0.343 e. The van der Waals surface area contributed by atoms with Gasteiger partial charge in [-0.2, -0.15) is 9.64 Å². The Morgan fingerprint density at radius 3 is 2.52 bits per heavy atom. The van der Waals surface area contributed by atoms with Crippen LogP contribution in [-0.2, 0) is 9.53 Å². The Bertz CT molecular complexity index is 865. The number of nitrogens with one attached hydrogen (secondary N) is 1. The third-order valence-corrected chi connectivity index (χ3v) is 4.84. The lowest BCUT2D eigenvalue weighted by molar-refractivity contribution is -0.121. The van der Waals surface area contributed by atoms with E-state index in [0.29, 0.717) is 21.9 Å². The van der Waals surface area contributed by atoms with Gasteiger partial charge in [0.2, 0.25) is 0 Å². The fourth-order valence-electron chi connectivity index (χ4n) is 2.72. The highest BCUT2D eigenvalue weighted by atomic mass is 32.1. The number of rotatable bonds is 7. The summed E-state index contributed by atoms with van der Waals surface area (Å²) < 4.78 is 9.35. The van der Waals surface area contributed by atoms with Crippen LogP contribution in [0.4, 0.5) is 10.7 Å². The van der Waals surface area contributed by atoms with Crippen molar-refractivity contribution < 1.29 is 14.3 Å². The zero-order valence-corrected chi connectivity index (χ0v) is 16.6. The van der Waals surface area contributed by atoms with Crippen LogP contribution in [0.15, 0.2) is 18.2 Å². The molecule has 27 heavy (non-hydrogen) atoms. The third-order valence-electron chi connectivity index (χ3n) is 3.89. The van der Waals surface area contributed by atoms with Gasteiger partial charge in [0, 0.05) is 19.3 Å². The van der Waals surface area contributed by atoms with E-state index in [1.165, 1.54) is 4.90 Å². The molecule has 0 aliphatic heterocycles. The molecule has 0 aliphatic carbocycles. The van der Waals surface area contributed by atoms with E-state index < -0.39 is 12.6 Å². The fourth-order valence-corrected chi connectivity index (χ4v) is 3.46. The third kappa shape index (κ3) is 5.05. The van der Waals surface area contributed by atoms with E-state index in [1.807, 2.05) is 38.1 Å². The Labute approximate surface area is 162 Å². The number of esters is 1. The summed E-state index contributed by atoms with van der Waals surface area (Å²) in [4.78, 5) is 26.6. The number of anilines is 2. The number of nitrogens with zero attached hydrogens (tertiary/aromatic N) is 3. The molecule has 0 atom stereocenters. The minimum Gasteiger partial charge on any atom is -0.452 e. The molecule has 0 unspecified atom stereocenters. The summed E-state index contributed by atoms with van der Waals surface area (Å²) >= 11 is 1.16. The van der Waals surface area contributed by atoms with Crippen molar-refractivity contribution in [2.24, 2.45) is 0 Å². The molecule has 1 amide bonds. The van der Waals surface area contributed by atoms with Crippen molar-refractivity contribution in [1.29, 1.82) is 5.26 Å². The summed E-state index contributed by atoms with van der Waals surface area (Å²) in [6, 6.07) is 7.79. The lowest BCUT2D eigenvalue weighted by atomic mass is 10.1. The quantitative estimate of drug-likeness (QED) is 0.734. The SMILES string of the molecule is CNc1snc(C)c1C(=O)OCC(=O)N(CCC#N)c1cc(C)cc(C)c1. The largest absolute Gasteiger partial charge is 0.452 e. The molecule has 0 bridgehead atoms. The van der Waals surface area contributed by atoms with Gasteiger partial charge in [-0.1, -0.05) is 6.07 Å². The van der Waals surface area contributed by atoms with Crippen LogP contribution in [0.3, 0.4) is 0 Å². The fraction of sp³-hybridized carbons (Fsp3) is 0.368. The average Bonchev–Trinajstić information content (AvgIpc) is 3.00. The molecule has 0 saturated heterocycles. The molecule has 7 nitrogen and oxygen atoms in total. The average molecular weight is 386 g/mol.